The molecule has 0 aliphatic carbocycles. The molecule has 0 aromatic heterocycles. The lowest BCUT2D eigenvalue weighted by Gasteiger charge is -2.24. The molecule has 0 amide bonds. The van der Waals surface area contributed by atoms with Crippen molar-refractivity contribution < 1.29 is 13.3 Å². The van der Waals surface area contributed by atoms with E-state index in [1.165, 1.54) is 0 Å². The van der Waals surface area contributed by atoms with Gasteiger partial charge in [0.05, 0.1) is 0 Å². The van der Waals surface area contributed by atoms with Crippen LogP contribution < -0.4 is 0 Å². The SMILES string of the molecule is OCCC[SiH]1O[SiH2]O1. The topological polar surface area (TPSA) is 38.7 Å². The lowest BCUT2D eigenvalue weighted by Crippen LogP contribution is -2.38. The first-order chi connectivity index (χ1) is 3.93. The van der Waals surface area contributed by atoms with Crippen LogP contribution in [0.1, 0.15) is 6.42 Å². The third-order valence-corrected chi connectivity index (χ3v) is 6.05. The summed E-state index contributed by atoms with van der Waals surface area (Å²) in [6, 6.07) is 0.990. The molecule has 1 heterocycles. The minimum atomic E-state index is -1.12. The van der Waals surface area contributed by atoms with Gasteiger partial charge in [-0.2, -0.15) is 0 Å². The Labute approximate surface area is 52.5 Å². The van der Waals surface area contributed by atoms with Crippen LogP contribution in [0.15, 0.2) is 0 Å². The summed E-state index contributed by atoms with van der Waals surface area (Å²) in [4.78, 5) is 0. The van der Waals surface area contributed by atoms with Crippen LogP contribution in [0.25, 0.3) is 0 Å². The minimum Gasteiger partial charge on any atom is -0.422 e. The molecular weight excluding hydrogens is 140 g/mol. The summed E-state index contributed by atoms with van der Waals surface area (Å²) in [6.45, 7) is 0.276. The number of rotatable bonds is 3. The number of aliphatic hydroxyl groups excluding tert-OH is 1. The first kappa shape index (κ1) is 6.43. The first-order valence-corrected chi connectivity index (χ1v) is 5.69. The highest BCUT2D eigenvalue weighted by Crippen LogP contribution is 2.06. The Morgan fingerprint density at radius 1 is 1.50 bits per heavy atom. The van der Waals surface area contributed by atoms with Crippen LogP contribution in [0.3, 0.4) is 0 Å². The fourth-order valence-electron chi connectivity index (χ4n) is 0.589. The molecule has 1 rings (SSSR count). The lowest BCUT2D eigenvalue weighted by molar-refractivity contribution is 0.275. The van der Waals surface area contributed by atoms with Crippen LogP contribution in [-0.4, -0.2) is 31.0 Å². The normalized spacial score (nSPS) is 30.4. The van der Waals surface area contributed by atoms with E-state index in [0.717, 1.165) is 12.5 Å². The van der Waals surface area contributed by atoms with Crippen molar-refractivity contribution in [3.63, 3.8) is 0 Å². The Morgan fingerprint density at radius 2 is 2.25 bits per heavy atom. The maximum Gasteiger partial charge on any atom is 0.303 e. The van der Waals surface area contributed by atoms with Crippen molar-refractivity contribution in [3.8, 4) is 0 Å². The second-order valence-corrected chi connectivity index (χ2v) is 6.09. The zero-order valence-electron chi connectivity index (χ0n) is 4.67. The molecule has 0 spiro atoms. The molecule has 0 unspecified atom stereocenters. The van der Waals surface area contributed by atoms with Crippen LogP contribution in [0, 0.1) is 0 Å². The van der Waals surface area contributed by atoms with Gasteiger partial charge < -0.3 is 13.3 Å². The van der Waals surface area contributed by atoms with Gasteiger partial charge >= 0.3 is 9.28 Å². The average molecular weight is 150 g/mol. The monoisotopic (exact) mass is 150 g/mol. The maximum atomic E-state index is 8.36. The largest absolute Gasteiger partial charge is 0.422 e. The van der Waals surface area contributed by atoms with Gasteiger partial charge in [0.1, 0.15) is 0 Å². The number of aliphatic hydroxyl groups is 1. The zero-order valence-corrected chi connectivity index (χ0v) is 7.24. The molecule has 1 N–H and O–H groups in total. The van der Waals surface area contributed by atoms with E-state index in [-0.39, 0.29) is 6.61 Å². The van der Waals surface area contributed by atoms with E-state index in [0.29, 0.717) is 0 Å². The van der Waals surface area contributed by atoms with E-state index in [1.807, 2.05) is 0 Å². The maximum absolute atomic E-state index is 8.36. The third kappa shape index (κ3) is 1.68. The van der Waals surface area contributed by atoms with Crippen molar-refractivity contribution in [1.29, 1.82) is 0 Å². The Balaban J connectivity index is 1.86. The molecule has 0 atom stereocenters. The van der Waals surface area contributed by atoms with Gasteiger partial charge in [-0.25, -0.2) is 0 Å². The van der Waals surface area contributed by atoms with E-state index in [2.05, 4.69) is 0 Å². The molecule has 8 heavy (non-hydrogen) atoms. The Morgan fingerprint density at radius 3 is 2.62 bits per heavy atom. The van der Waals surface area contributed by atoms with Crippen LogP contribution in [0.4, 0.5) is 0 Å². The standard InChI is InChI=1S/C3H10O3Si2/c4-2-1-3-8-5-7-6-8/h4,8H,1-3,7H2. The van der Waals surface area contributed by atoms with E-state index in [1.54, 1.807) is 0 Å². The van der Waals surface area contributed by atoms with Gasteiger partial charge in [0.15, 0.2) is 0 Å². The van der Waals surface area contributed by atoms with Gasteiger partial charge in [-0.1, -0.05) is 0 Å². The predicted octanol–water partition coefficient (Wildman–Crippen LogP) is -1.37. The van der Waals surface area contributed by atoms with Crippen LogP contribution in [0.5, 0.6) is 0 Å². The third-order valence-electron chi connectivity index (χ3n) is 1.11. The van der Waals surface area contributed by atoms with Gasteiger partial charge in [-0.05, 0) is 12.5 Å². The Bertz CT molecular complexity index is 65.5. The van der Waals surface area contributed by atoms with Crippen molar-refractivity contribution in [2.24, 2.45) is 0 Å². The summed E-state index contributed by atoms with van der Waals surface area (Å²) in [7, 11) is -1.61. The molecule has 3 nitrogen and oxygen atoms in total. The van der Waals surface area contributed by atoms with Crippen molar-refractivity contribution in [2.75, 3.05) is 6.61 Å². The first-order valence-electron chi connectivity index (χ1n) is 2.77. The summed E-state index contributed by atoms with van der Waals surface area (Å²) >= 11 is 0. The number of hydrogen-bond donors (Lipinski definition) is 1. The molecule has 0 aromatic carbocycles. The second-order valence-electron chi connectivity index (χ2n) is 1.75. The summed E-state index contributed by atoms with van der Waals surface area (Å²) in [5, 5.41) is 8.36. The second kappa shape index (κ2) is 3.36. The molecule has 0 saturated carbocycles. The average Bonchev–Trinajstić information content (AvgIpc) is 1.63. The Kier molecular flexibility index (Phi) is 2.70. The highest BCUT2D eigenvalue weighted by molar-refractivity contribution is 6.64. The van der Waals surface area contributed by atoms with Crippen molar-refractivity contribution in [3.05, 3.63) is 0 Å². The van der Waals surface area contributed by atoms with Crippen molar-refractivity contribution >= 4 is 19.3 Å². The molecule has 1 aliphatic rings. The molecule has 0 radical (unpaired) electrons. The summed E-state index contributed by atoms with van der Waals surface area (Å²) in [6.07, 6.45) is 0.852. The predicted molar refractivity (Wildman–Crippen MR) is 34.4 cm³/mol. The molecule has 1 saturated heterocycles. The van der Waals surface area contributed by atoms with Gasteiger partial charge in [-0.15, -0.1) is 0 Å². The van der Waals surface area contributed by atoms with E-state index in [9.17, 15) is 0 Å². The lowest BCUT2D eigenvalue weighted by atomic mass is 10.5. The molecule has 0 aromatic rings. The van der Waals surface area contributed by atoms with Gasteiger partial charge in [0.2, 0.25) is 0 Å². The van der Waals surface area contributed by atoms with E-state index in [4.69, 9.17) is 13.3 Å². The van der Waals surface area contributed by atoms with Crippen LogP contribution >= 0.6 is 0 Å². The molecule has 1 aliphatic heterocycles. The zero-order chi connectivity index (χ0) is 5.82. The van der Waals surface area contributed by atoms with E-state index >= 15 is 0 Å². The van der Waals surface area contributed by atoms with Gasteiger partial charge in [0, 0.05) is 6.61 Å². The number of hydrogen-bond acceptors (Lipinski definition) is 3. The van der Waals surface area contributed by atoms with Crippen molar-refractivity contribution in [2.45, 2.75) is 12.5 Å². The highest BCUT2D eigenvalue weighted by atomic mass is 28.4. The summed E-state index contributed by atoms with van der Waals surface area (Å²) in [5.74, 6) is 0. The Hall–Kier alpha value is 0.314. The summed E-state index contributed by atoms with van der Waals surface area (Å²) < 4.78 is 10.4. The fraction of sp³-hybridized carbons (Fsp3) is 1.00. The minimum absolute atomic E-state index is 0.276. The summed E-state index contributed by atoms with van der Waals surface area (Å²) in [5.41, 5.74) is 0. The van der Waals surface area contributed by atoms with E-state index < -0.39 is 19.3 Å². The van der Waals surface area contributed by atoms with Gasteiger partial charge in [-0.3, -0.25) is 0 Å². The molecule has 1 fully saturated rings. The smallest absolute Gasteiger partial charge is 0.303 e. The highest BCUT2D eigenvalue weighted by Gasteiger charge is 2.20. The quantitative estimate of drug-likeness (QED) is 0.505. The molecule has 0 bridgehead atoms. The molecule has 48 valence electrons. The molecule has 5 heteroatoms. The van der Waals surface area contributed by atoms with Gasteiger partial charge in [0.25, 0.3) is 10.0 Å². The molecular formula is C3H10O3Si2. The van der Waals surface area contributed by atoms with Crippen molar-refractivity contribution in [1.82, 2.24) is 0 Å². The van der Waals surface area contributed by atoms with Crippen LogP contribution in [-0.2, 0) is 8.23 Å². The van der Waals surface area contributed by atoms with Crippen LogP contribution in [0.2, 0.25) is 6.04 Å². The fourth-order valence-corrected chi connectivity index (χ4v) is 3.75.